The minimum Gasteiger partial charge on any atom is -0.321 e. The first-order chi connectivity index (χ1) is 9.90. The van der Waals surface area contributed by atoms with E-state index in [1.165, 1.54) is 18.3 Å². The molecule has 0 atom stereocenters. The van der Waals surface area contributed by atoms with Gasteiger partial charge in [0.1, 0.15) is 0 Å². The van der Waals surface area contributed by atoms with E-state index in [9.17, 15) is 13.2 Å². The fourth-order valence-corrected chi connectivity index (χ4v) is 2.56. The van der Waals surface area contributed by atoms with Crippen molar-refractivity contribution in [2.45, 2.75) is 10.4 Å². The molecule has 2 rings (SSSR count). The van der Waals surface area contributed by atoms with Crippen molar-refractivity contribution in [3.05, 3.63) is 53.7 Å². The number of carbonyl (C=O) groups is 1. The Hall–Kier alpha value is -1.73. The molecule has 1 heterocycles. The summed E-state index contributed by atoms with van der Waals surface area (Å²) in [4.78, 5) is 15.8. The molecular formula is C14H13BrN2O3S. The van der Waals surface area contributed by atoms with Crippen LogP contribution in [-0.2, 0) is 15.2 Å². The molecule has 21 heavy (non-hydrogen) atoms. The van der Waals surface area contributed by atoms with Gasteiger partial charge in [-0.1, -0.05) is 28.1 Å². The van der Waals surface area contributed by atoms with Crippen molar-refractivity contribution in [1.82, 2.24) is 4.98 Å². The summed E-state index contributed by atoms with van der Waals surface area (Å²) >= 11 is 3.34. The van der Waals surface area contributed by atoms with Crippen LogP contribution in [0.1, 0.15) is 15.9 Å². The van der Waals surface area contributed by atoms with Crippen molar-refractivity contribution in [1.29, 1.82) is 0 Å². The molecule has 0 radical (unpaired) electrons. The molecule has 0 fully saturated rings. The van der Waals surface area contributed by atoms with Crippen LogP contribution in [0.15, 0.2) is 47.6 Å². The highest BCUT2D eigenvalue weighted by Gasteiger charge is 2.10. The topological polar surface area (TPSA) is 76.1 Å². The van der Waals surface area contributed by atoms with Gasteiger partial charge in [-0.2, -0.15) is 0 Å². The Balaban J connectivity index is 2.12. The molecule has 0 bridgehead atoms. The highest BCUT2D eigenvalue weighted by molar-refractivity contribution is 9.08. The molecule has 1 N–H and O–H groups in total. The Morgan fingerprint density at radius 3 is 2.33 bits per heavy atom. The third kappa shape index (κ3) is 4.12. The van der Waals surface area contributed by atoms with Gasteiger partial charge < -0.3 is 5.32 Å². The summed E-state index contributed by atoms with van der Waals surface area (Å²) < 4.78 is 22.6. The smallest absolute Gasteiger partial charge is 0.255 e. The van der Waals surface area contributed by atoms with Crippen molar-refractivity contribution in [2.75, 3.05) is 11.6 Å². The molecule has 1 amide bonds. The normalized spacial score (nSPS) is 11.1. The van der Waals surface area contributed by atoms with Crippen LogP contribution >= 0.6 is 15.9 Å². The maximum atomic E-state index is 12.0. The lowest BCUT2D eigenvalue weighted by atomic mass is 10.1. The van der Waals surface area contributed by atoms with E-state index < -0.39 is 9.84 Å². The third-order valence-electron chi connectivity index (χ3n) is 2.74. The van der Waals surface area contributed by atoms with E-state index in [0.717, 1.165) is 17.1 Å². The fraction of sp³-hybridized carbons (Fsp3) is 0.143. The van der Waals surface area contributed by atoms with Gasteiger partial charge in [0.2, 0.25) is 0 Å². The van der Waals surface area contributed by atoms with Crippen LogP contribution in [0.4, 0.5) is 5.69 Å². The minimum atomic E-state index is -3.34. The van der Waals surface area contributed by atoms with Gasteiger partial charge in [-0.25, -0.2) is 13.4 Å². The number of rotatable bonds is 4. The maximum Gasteiger partial charge on any atom is 0.255 e. The van der Waals surface area contributed by atoms with Gasteiger partial charge in [0.05, 0.1) is 11.9 Å². The highest BCUT2D eigenvalue weighted by atomic mass is 79.9. The predicted octanol–water partition coefficient (Wildman–Crippen LogP) is 2.63. The largest absolute Gasteiger partial charge is 0.321 e. The number of hydrogen-bond acceptors (Lipinski definition) is 4. The molecule has 0 saturated heterocycles. The Morgan fingerprint density at radius 1 is 1.19 bits per heavy atom. The lowest BCUT2D eigenvalue weighted by Gasteiger charge is -2.06. The Kier molecular flexibility index (Phi) is 4.74. The highest BCUT2D eigenvalue weighted by Crippen LogP contribution is 2.13. The number of pyridine rings is 1. The quantitative estimate of drug-likeness (QED) is 0.841. The number of amides is 1. The van der Waals surface area contributed by atoms with E-state index in [2.05, 4.69) is 26.2 Å². The monoisotopic (exact) mass is 368 g/mol. The summed E-state index contributed by atoms with van der Waals surface area (Å²) in [6, 6.07) is 10.0. The molecule has 1 aromatic carbocycles. The minimum absolute atomic E-state index is 0.0258. The van der Waals surface area contributed by atoms with Crippen LogP contribution in [0.25, 0.3) is 0 Å². The molecule has 0 spiro atoms. The van der Waals surface area contributed by atoms with Crippen LogP contribution in [0, 0.1) is 0 Å². The van der Waals surface area contributed by atoms with Crippen molar-refractivity contribution >= 4 is 37.4 Å². The number of hydrogen-bond donors (Lipinski definition) is 1. The average Bonchev–Trinajstić information content (AvgIpc) is 2.47. The summed E-state index contributed by atoms with van der Waals surface area (Å²) in [6.45, 7) is 0. The number of sulfone groups is 1. The van der Waals surface area contributed by atoms with E-state index in [1.54, 1.807) is 12.1 Å². The Bertz CT molecular complexity index is 741. The summed E-state index contributed by atoms with van der Waals surface area (Å²) in [5.41, 5.74) is 2.04. The molecule has 7 heteroatoms. The van der Waals surface area contributed by atoms with Gasteiger partial charge in [-0.15, -0.1) is 0 Å². The molecule has 110 valence electrons. The third-order valence-corrected chi connectivity index (χ3v) is 4.39. The van der Waals surface area contributed by atoms with E-state index >= 15 is 0 Å². The number of nitrogens with one attached hydrogen (secondary N) is 1. The zero-order chi connectivity index (χ0) is 15.5. The standard InChI is InChI=1S/C14H13BrN2O3S/c1-21(19,20)13-7-6-12(9-16-13)17-14(18)11-4-2-10(8-15)3-5-11/h2-7,9H,8H2,1H3,(H,17,18). The fourth-order valence-electron chi connectivity index (χ4n) is 1.62. The van der Waals surface area contributed by atoms with Gasteiger partial charge in [0, 0.05) is 17.1 Å². The van der Waals surface area contributed by atoms with Crippen molar-refractivity contribution in [3.63, 3.8) is 0 Å². The van der Waals surface area contributed by atoms with E-state index in [4.69, 9.17) is 0 Å². The summed E-state index contributed by atoms with van der Waals surface area (Å²) in [5.74, 6) is -0.273. The number of nitrogens with zero attached hydrogens (tertiary/aromatic N) is 1. The van der Waals surface area contributed by atoms with Crippen molar-refractivity contribution in [3.8, 4) is 0 Å². The van der Waals surface area contributed by atoms with Crippen LogP contribution in [0.3, 0.4) is 0 Å². The zero-order valence-electron chi connectivity index (χ0n) is 11.2. The second kappa shape index (κ2) is 6.36. The molecule has 5 nitrogen and oxygen atoms in total. The molecular weight excluding hydrogens is 356 g/mol. The van der Waals surface area contributed by atoms with Crippen LogP contribution in [-0.4, -0.2) is 25.6 Å². The predicted molar refractivity (Wildman–Crippen MR) is 84.4 cm³/mol. The number of halogens is 1. The average molecular weight is 369 g/mol. The molecule has 0 aliphatic heterocycles. The van der Waals surface area contributed by atoms with Gasteiger partial charge in [0.15, 0.2) is 14.9 Å². The number of anilines is 1. The van der Waals surface area contributed by atoms with E-state index in [1.807, 2.05) is 12.1 Å². The molecule has 0 unspecified atom stereocenters. The second-order valence-corrected chi connectivity index (χ2v) is 6.97. The van der Waals surface area contributed by atoms with Gasteiger partial charge in [0.25, 0.3) is 5.91 Å². The van der Waals surface area contributed by atoms with Gasteiger partial charge >= 0.3 is 0 Å². The molecule has 2 aromatic rings. The SMILES string of the molecule is CS(=O)(=O)c1ccc(NC(=O)c2ccc(CBr)cc2)cn1. The number of alkyl halides is 1. The number of benzene rings is 1. The summed E-state index contributed by atoms with van der Waals surface area (Å²) in [6.07, 6.45) is 2.40. The first kappa shape index (κ1) is 15.7. The van der Waals surface area contributed by atoms with Gasteiger partial charge in [-0.3, -0.25) is 4.79 Å². The summed E-state index contributed by atoms with van der Waals surface area (Å²) in [5, 5.41) is 3.37. The number of aromatic nitrogens is 1. The van der Waals surface area contributed by atoms with E-state index in [0.29, 0.717) is 11.3 Å². The maximum absolute atomic E-state index is 12.0. The lowest BCUT2D eigenvalue weighted by molar-refractivity contribution is 0.102. The first-order valence-corrected chi connectivity index (χ1v) is 9.04. The van der Waals surface area contributed by atoms with Crippen molar-refractivity contribution in [2.24, 2.45) is 0 Å². The van der Waals surface area contributed by atoms with Crippen LogP contribution in [0.2, 0.25) is 0 Å². The van der Waals surface area contributed by atoms with E-state index in [-0.39, 0.29) is 10.9 Å². The number of carbonyl (C=O) groups excluding carboxylic acids is 1. The summed E-state index contributed by atoms with van der Waals surface area (Å²) in [7, 11) is -3.34. The first-order valence-electron chi connectivity index (χ1n) is 6.02. The van der Waals surface area contributed by atoms with Crippen molar-refractivity contribution < 1.29 is 13.2 Å². The molecule has 1 aromatic heterocycles. The van der Waals surface area contributed by atoms with Gasteiger partial charge in [-0.05, 0) is 29.8 Å². The Labute approximate surface area is 131 Å². The van der Waals surface area contributed by atoms with Crippen LogP contribution < -0.4 is 5.32 Å². The molecule has 0 aliphatic carbocycles. The lowest BCUT2D eigenvalue weighted by Crippen LogP contribution is -2.12. The second-order valence-electron chi connectivity index (χ2n) is 4.44. The molecule has 0 aliphatic rings. The zero-order valence-corrected chi connectivity index (χ0v) is 13.6. The van der Waals surface area contributed by atoms with Crippen LogP contribution in [0.5, 0.6) is 0 Å². The Morgan fingerprint density at radius 2 is 1.86 bits per heavy atom. The molecule has 0 saturated carbocycles.